The predicted octanol–water partition coefficient (Wildman–Crippen LogP) is 4.58. The van der Waals surface area contributed by atoms with Gasteiger partial charge in [-0.3, -0.25) is 0 Å². The Morgan fingerprint density at radius 2 is 2.21 bits per heavy atom. The number of piperidine rings is 1. The normalized spacial score (nSPS) is 19.6. The third kappa shape index (κ3) is 2.95. The molecule has 2 nitrogen and oxygen atoms in total. The molecule has 1 saturated heterocycles. The molecule has 5 heteroatoms. The van der Waals surface area contributed by atoms with Gasteiger partial charge in [0.1, 0.15) is 0 Å². The van der Waals surface area contributed by atoms with E-state index in [2.05, 4.69) is 10.7 Å². The Morgan fingerprint density at radius 1 is 1.32 bits per heavy atom. The minimum atomic E-state index is 0.540. The van der Waals surface area contributed by atoms with Crippen molar-refractivity contribution >= 4 is 34.5 Å². The van der Waals surface area contributed by atoms with Crippen LogP contribution in [0, 0.1) is 0 Å². The summed E-state index contributed by atoms with van der Waals surface area (Å²) in [5, 5.41) is 8.02. The second-order valence-electron chi connectivity index (χ2n) is 4.74. The van der Waals surface area contributed by atoms with E-state index in [1.54, 1.807) is 17.4 Å². The van der Waals surface area contributed by atoms with Crippen LogP contribution in [0.3, 0.4) is 0 Å². The van der Waals surface area contributed by atoms with Gasteiger partial charge in [0.25, 0.3) is 0 Å². The van der Waals surface area contributed by atoms with Crippen LogP contribution in [-0.4, -0.2) is 18.1 Å². The van der Waals surface area contributed by atoms with Gasteiger partial charge >= 0.3 is 0 Å². The van der Waals surface area contributed by atoms with Crippen LogP contribution in [0.5, 0.6) is 0 Å². The molecule has 3 rings (SSSR count). The highest BCUT2D eigenvalue weighted by atomic mass is 35.5. The number of benzene rings is 1. The largest absolute Gasteiger partial charge is 0.316 e. The minimum absolute atomic E-state index is 0.540. The van der Waals surface area contributed by atoms with Gasteiger partial charge in [0.2, 0.25) is 0 Å². The molecule has 1 N–H and O–H groups in total. The summed E-state index contributed by atoms with van der Waals surface area (Å²) in [6.07, 6.45) is 2.44. The third-order valence-electron chi connectivity index (χ3n) is 3.38. The number of rotatable bonds is 2. The van der Waals surface area contributed by atoms with E-state index in [9.17, 15) is 0 Å². The first-order valence-electron chi connectivity index (χ1n) is 6.35. The molecular weight excluding hydrogens is 299 g/mol. The fraction of sp³-hybridized carbons (Fsp3) is 0.357. The van der Waals surface area contributed by atoms with Crippen LogP contribution >= 0.6 is 34.5 Å². The van der Waals surface area contributed by atoms with Gasteiger partial charge in [-0.15, -0.1) is 11.3 Å². The summed E-state index contributed by atoms with van der Waals surface area (Å²) in [7, 11) is 0. The summed E-state index contributed by atoms with van der Waals surface area (Å²) in [5.41, 5.74) is 1.91. The van der Waals surface area contributed by atoms with Gasteiger partial charge in [-0.05, 0) is 37.6 Å². The molecule has 1 aliphatic rings. The van der Waals surface area contributed by atoms with Gasteiger partial charge in [0.15, 0.2) is 0 Å². The Kier molecular flexibility index (Phi) is 4.08. The van der Waals surface area contributed by atoms with Gasteiger partial charge < -0.3 is 5.32 Å². The first-order chi connectivity index (χ1) is 9.24. The fourth-order valence-electron chi connectivity index (χ4n) is 2.36. The van der Waals surface area contributed by atoms with Crippen molar-refractivity contribution in [2.45, 2.75) is 18.8 Å². The molecule has 1 fully saturated rings. The molecule has 1 aromatic heterocycles. The van der Waals surface area contributed by atoms with E-state index in [4.69, 9.17) is 28.2 Å². The maximum absolute atomic E-state index is 6.23. The third-order valence-corrected chi connectivity index (χ3v) is 4.93. The van der Waals surface area contributed by atoms with Crippen LogP contribution in [0.2, 0.25) is 10.0 Å². The quantitative estimate of drug-likeness (QED) is 0.877. The van der Waals surface area contributed by atoms with Crippen molar-refractivity contribution in [2.24, 2.45) is 0 Å². The summed E-state index contributed by atoms with van der Waals surface area (Å²) in [5.74, 6) is 0.540. The van der Waals surface area contributed by atoms with Crippen molar-refractivity contribution < 1.29 is 0 Å². The predicted molar refractivity (Wildman–Crippen MR) is 82.4 cm³/mol. The molecule has 100 valence electrons. The molecule has 1 aliphatic heterocycles. The summed E-state index contributed by atoms with van der Waals surface area (Å²) in [6, 6.07) is 5.55. The zero-order valence-electron chi connectivity index (χ0n) is 10.3. The van der Waals surface area contributed by atoms with Crippen molar-refractivity contribution in [3.8, 4) is 11.3 Å². The van der Waals surface area contributed by atoms with E-state index >= 15 is 0 Å². The molecule has 19 heavy (non-hydrogen) atoms. The van der Waals surface area contributed by atoms with Crippen LogP contribution < -0.4 is 5.32 Å². The Hall–Kier alpha value is -0.610. The van der Waals surface area contributed by atoms with Crippen molar-refractivity contribution in [1.29, 1.82) is 0 Å². The maximum atomic E-state index is 6.23. The molecule has 2 aromatic rings. The molecule has 0 saturated carbocycles. The van der Waals surface area contributed by atoms with E-state index in [0.717, 1.165) is 24.3 Å². The van der Waals surface area contributed by atoms with Gasteiger partial charge in [-0.25, -0.2) is 4.98 Å². The molecule has 1 atom stereocenters. The molecular formula is C14H14Cl2N2S. The average molecular weight is 313 g/mol. The van der Waals surface area contributed by atoms with Crippen LogP contribution in [0.4, 0.5) is 0 Å². The molecule has 2 heterocycles. The maximum Gasteiger partial charge on any atom is 0.0976 e. The zero-order valence-corrected chi connectivity index (χ0v) is 12.7. The van der Waals surface area contributed by atoms with E-state index in [1.807, 2.05) is 12.1 Å². The van der Waals surface area contributed by atoms with Crippen LogP contribution in [0.15, 0.2) is 23.6 Å². The Labute approximate surface area is 126 Å². The van der Waals surface area contributed by atoms with Gasteiger partial charge in [0, 0.05) is 28.4 Å². The number of halogens is 2. The Morgan fingerprint density at radius 3 is 2.95 bits per heavy atom. The van der Waals surface area contributed by atoms with Gasteiger partial charge in [0.05, 0.1) is 15.7 Å². The van der Waals surface area contributed by atoms with E-state index in [0.29, 0.717) is 16.0 Å². The molecule has 0 amide bonds. The lowest BCUT2D eigenvalue weighted by molar-refractivity contribution is 0.460. The van der Waals surface area contributed by atoms with Crippen LogP contribution in [0.1, 0.15) is 23.8 Å². The van der Waals surface area contributed by atoms with E-state index in [-0.39, 0.29) is 0 Å². The highest BCUT2D eigenvalue weighted by Crippen LogP contribution is 2.34. The van der Waals surface area contributed by atoms with Crippen LogP contribution in [0.25, 0.3) is 11.3 Å². The monoisotopic (exact) mass is 312 g/mol. The second kappa shape index (κ2) is 5.80. The van der Waals surface area contributed by atoms with Crippen molar-refractivity contribution in [3.63, 3.8) is 0 Å². The number of nitrogens with one attached hydrogen (secondary N) is 1. The molecule has 1 aromatic carbocycles. The summed E-state index contributed by atoms with van der Waals surface area (Å²) in [6.45, 7) is 2.15. The number of aromatic nitrogens is 1. The molecule has 0 radical (unpaired) electrons. The summed E-state index contributed by atoms with van der Waals surface area (Å²) in [4.78, 5) is 4.75. The summed E-state index contributed by atoms with van der Waals surface area (Å²) < 4.78 is 0. The SMILES string of the molecule is Clc1ccc(-c2csc(C3CCCNC3)n2)c(Cl)c1. The standard InChI is InChI=1S/C14H14Cl2N2S/c15-10-3-4-11(12(16)6-10)13-8-19-14(18-13)9-2-1-5-17-7-9/h3-4,6,8-9,17H,1-2,5,7H2. The topological polar surface area (TPSA) is 24.9 Å². The summed E-state index contributed by atoms with van der Waals surface area (Å²) >= 11 is 13.9. The van der Waals surface area contributed by atoms with E-state index < -0.39 is 0 Å². The lowest BCUT2D eigenvalue weighted by Crippen LogP contribution is -2.28. The Bertz CT molecular complexity index is 577. The Balaban J connectivity index is 1.87. The van der Waals surface area contributed by atoms with Crippen molar-refractivity contribution in [3.05, 3.63) is 38.6 Å². The van der Waals surface area contributed by atoms with Gasteiger partial charge in [-0.1, -0.05) is 23.2 Å². The number of thiazole rings is 1. The highest BCUT2D eigenvalue weighted by molar-refractivity contribution is 7.10. The van der Waals surface area contributed by atoms with Crippen LogP contribution in [-0.2, 0) is 0 Å². The minimum Gasteiger partial charge on any atom is -0.316 e. The number of nitrogens with zero attached hydrogens (tertiary/aromatic N) is 1. The first-order valence-corrected chi connectivity index (χ1v) is 7.99. The molecule has 0 bridgehead atoms. The smallest absolute Gasteiger partial charge is 0.0976 e. The van der Waals surface area contributed by atoms with E-state index in [1.165, 1.54) is 17.8 Å². The number of hydrogen-bond acceptors (Lipinski definition) is 3. The zero-order chi connectivity index (χ0) is 13.2. The number of hydrogen-bond donors (Lipinski definition) is 1. The fourth-order valence-corrected chi connectivity index (χ4v) is 3.82. The average Bonchev–Trinajstić information content (AvgIpc) is 2.89. The molecule has 0 aliphatic carbocycles. The van der Waals surface area contributed by atoms with Crippen molar-refractivity contribution in [2.75, 3.05) is 13.1 Å². The van der Waals surface area contributed by atoms with Gasteiger partial charge in [-0.2, -0.15) is 0 Å². The lowest BCUT2D eigenvalue weighted by Gasteiger charge is -2.20. The van der Waals surface area contributed by atoms with Crippen molar-refractivity contribution in [1.82, 2.24) is 10.3 Å². The molecule has 0 spiro atoms. The first kappa shape index (κ1) is 13.4. The lowest BCUT2D eigenvalue weighted by atomic mass is 10.0. The molecule has 1 unspecified atom stereocenters. The highest BCUT2D eigenvalue weighted by Gasteiger charge is 2.19. The second-order valence-corrected chi connectivity index (χ2v) is 6.47.